The van der Waals surface area contributed by atoms with Crippen molar-refractivity contribution in [1.29, 1.82) is 0 Å². The Kier molecular flexibility index (Phi) is 7.68. The van der Waals surface area contributed by atoms with Crippen LogP contribution < -0.4 is 0 Å². The summed E-state index contributed by atoms with van der Waals surface area (Å²) in [5.74, 6) is -0.658. The zero-order chi connectivity index (χ0) is 16.4. The summed E-state index contributed by atoms with van der Waals surface area (Å²) in [6.07, 6.45) is 6.56. The SMILES string of the molecule is CCOC(=O)/C=C/CCc1ccccc1/C=C(\C)C(=O)OC. The van der Waals surface area contributed by atoms with Crippen molar-refractivity contribution in [2.75, 3.05) is 13.7 Å². The number of hydrogen-bond acceptors (Lipinski definition) is 4. The maximum Gasteiger partial charge on any atom is 0.333 e. The summed E-state index contributed by atoms with van der Waals surface area (Å²) in [5.41, 5.74) is 2.64. The molecule has 1 aromatic rings. The zero-order valence-corrected chi connectivity index (χ0v) is 13.3. The predicted octanol–water partition coefficient (Wildman–Crippen LogP) is 3.31. The molecule has 1 rings (SSSR count). The average Bonchev–Trinajstić information content (AvgIpc) is 2.52. The molecule has 0 saturated carbocycles. The first-order chi connectivity index (χ1) is 10.6. The molecular formula is C18H22O4. The summed E-state index contributed by atoms with van der Waals surface area (Å²) < 4.78 is 9.52. The maximum atomic E-state index is 11.5. The second-order valence-electron chi connectivity index (χ2n) is 4.71. The molecule has 0 heterocycles. The quantitative estimate of drug-likeness (QED) is 0.573. The van der Waals surface area contributed by atoms with E-state index in [-0.39, 0.29) is 11.9 Å². The van der Waals surface area contributed by atoms with Gasteiger partial charge in [0.15, 0.2) is 0 Å². The molecule has 0 fully saturated rings. The number of hydrogen-bond donors (Lipinski definition) is 0. The number of esters is 2. The molecule has 4 heteroatoms. The van der Waals surface area contributed by atoms with E-state index in [1.165, 1.54) is 13.2 Å². The molecule has 0 N–H and O–H groups in total. The van der Waals surface area contributed by atoms with Crippen molar-refractivity contribution in [3.05, 3.63) is 53.1 Å². The fraction of sp³-hybridized carbons (Fsp3) is 0.333. The lowest BCUT2D eigenvalue weighted by molar-refractivity contribution is -0.137. The highest BCUT2D eigenvalue weighted by Gasteiger charge is 2.05. The van der Waals surface area contributed by atoms with Gasteiger partial charge < -0.3 is 9.47 Å². The largest absolute Gasteiger partial charge is 0.466 e. The monoisotopic (exact) mass is 302 g/mol. The van der Waals surface area contributed by atoms with Gasteiger partial charge in [0.25, 0.3) is 0 Å². The van der Waals surface area contributed by atoms with Gasteiger partial charge in [-0.2, -0.15) is 0 Å². The van der Waals surface area contributed by atoms with Crippen molar-refractivity contribution >= 4 is 18.0 Å². The number of methoxy groups -OCH3 is 1. The molecular weight excluding hydrogens is 280 g/mol. The van der Waals surface area contributed by atoms with E-state index in [0.717, 1.165) is 24.0 Å². The number of ether oxygens (including phenoxy) is 2. The second kappa shape index (κ2) is 9.55. The molecule has 0 aliphatic rings. The van der Waals surface area contributed by atoms with Crippen molar-refractivity contribution in [1.82, 2.24) is 0 Å². The minimum Gasteiger partial charge on any atom is -0.466 e. The summed E-state index contributed by atoms with van der Waals surface area (Å²) in [4.78, 5) is 22.7. The topological polar surface area (TPSA) is 52.6 Å². The summed E-state index contributed by atoms with van der Waals surface area (Å²) in [5, 5.41) is 0. The van der Waals surface area contributed by atoms with Gasteiger partial charge in [-0.3, -0.25) is 0 Å². The van der Waals surface area contributed by atoms with Crippen molar-refractivity contribution < 1.29 is 19.1 Å². The molecule has 1 aromatic carbocycles. The third-order valence-electron chi connectivity index (χ3n) is 3.06. The minimum atomic E-state index is -0.336. The fourth-order valence-electron chi connectivity index (χ4n) is 1.96. The molecule has 118 valence electrons. The third kappa shape index (κ3) is 5.95. The van der Waals surface area contributed by atoms with Crippen molar-refractivity contribution in [2.45, 2.75) is 26.7 Å². The highest BCUT2D eigenvalue weighted by Crippen LogP contribution is 2.15. The number of allylic oxidation sites excluding steroid dienone is 1. The highest BCUT2D eigenvalue weighted by atomic mass is 16.5. The molecule has 0 saturated heterocycles. The van der Waals surface area contributed by atoms with E-state index in [1.807, 2.05) is 30.3 Å². The number of carbonyl (C=O) groups is 2. The summed E-state index contributed by atoms with van der Waals surface area (Å²) in [6, 6.07) is 7.84. The Hall–Kier alpha value is -2.36. The Morgan fingerprint density at radius 1 is 1.23 bits per heavy atom. The van der Waals surface area contributed by atoms with Crippen LogP contribution in [0.1, 0.15) is 31.4 Å². The van der Waals surface area contributed by atoms with E-state index < -0.39 is 0 Å². The molecule has 4 nitrogen and oxygen atoms in total. The Balaban J connectivity index is 2.72. The van der Waals surface area contributed by atoms with Gasteiger partial charge in [0.05, 0.1) is 13.7 Å². The highest BCUT2D eigenvalue weighted by molar-refractivity contribution is 5.93. The molecule has 0 radical (unpaired) electrons. The number of benzene rings is 1. The van der Waals surface area contributed by atoms with Crippen LogP contribution in [-0.4, -0.2) is 25.7 Å². The Labute approximate surface area is 131 Å². The average molecular weight is 302 g/mol. The standard InChI is InChI=1S/C18H22O4/c1-4-22-17(19)12-8-7-10-15-9-5-6-11-16(15)13-14(2)18(20)21-3/h5-6,8-9,11-13H,4,7,10H2,1-3H3/b12-8+,14-13+. The van der Waals surface area contributed by atoms with Crippen LogP contribution in [0.5, 0.6) is 0 Å². The van der Waals surface area contributed by atoms with Gasteiger partial charge in [0.1, 0.15) is 0 Å². The Morgan fingerprint density at radius 2 is 1.95 bits per heavy atom. The smallest absolute Gasteiger partial charge is 0.333 e. The number of carbonyl (C=O) groups excluding carboxylic acids is 2. The molecule has 0 amide bonds. The summed E-state index contributed by atoms with van der Waals surface area (Å²) >= 11 is 0. The second-order valence-corrected chi connectivity index (χ2v) is 4.71. The normalized spacial score (nSPS) is 11.5. The molecule has 0 aliphatic heterocycles. The van der Waals surface area contributed by atoms with Crippen LogP contribution in [0.4, 0.5) is 0 Å². The molecule has 0 aliphatic carbocycles. The van der Waals surface area contributed by atoms with Crippen molar-refractivity contribution in [3.8, 4) is 0 Å². The first-order valence-corrected chi connectivity index (χ1v) is 7.26. The third-order valence-corrected chi connectivity index (χ3v) is 3.06. The van der Waals surface area contributed by atoms with E-state index >= 15 is 0 Å². The van der Waals surface area contributed by atoms with Gasteiger partial charge >= 0.3 is 11.9 Å². The van der Waals surface area contributed by atoms with Crippen molar-refractivity contribution in [3.63, 3.8) is 0 Å². The van der Waals surface area contributed by atoms with Gasteiger partial charge in [-0.1, -0.05) is 30.3 Å². The van der Waals surface area contributed by atoms with Gasteiger partial charge in [-0.15, -0.1) is 0 Å². The van der Waals surface area contributed by atoms with Crippen molar-refractivity contribution in [2.24, 2.45) is 0 Å². The lowest BCUT2D eigenvalue weighted by atomic mass is 10.0. The van der Waals surface area contributed by atoms with Crippen LogP contribution in [0.3, 0.4) is 0 Å². The van der Waals surface area contributed by atoms with E-state index in [1.54, 1.807) is 19.9 Å². The first-order valence-electron chi connectivity index (χ1n) is 7.26. The van der Waals surface area contributed by atoms with Gasteiger partial charge in [0, 0.05) is 11.6 Å². The fourth-order valence-corrected chi connectivity index (χ4v) is 1.96. The van der Waals surface area contributed by atoms with E-state index in [4.69, 9.17) is 9.47 Å². The molecule has 0 bridgehead atoms. The molecule has 0 unspecified atom stereocenters. The van der Waals surface area contributed by atoms with E-state index in [0.29, 0.717) is 12.2 Å². The molecule has 0 aromatic heterocycles. The van der Waals surface area contributed by atoms with Crippen LogP contribution >= 0.6 is 0 Å². The van der Waals surface area contributed by atoms with Crippen LogP contribution in [0.25, 0.3) is 6.08 Å². The van der Waals surface area contributed by atoms with Gasteiger partial charge in [-0.05, 0) is 43.9 Å². The molecule has 0 spiro atoms. The Morgan fingerprint density at radius 3 is 2.64 bits per heavy atom. The van der Waals surface area contributed by atoms with Gasteiger partial charge in [0.2, 0.25) is 0 Å². The van der Waals surface area contributed by atoms with E-state index in [9.17, 15) is 9.59 Å². The summed E-state index contributed by atoms with van der Waals surface area (Å²) in [7, 11) is 1.37. The lowest BCUT2D eigenvalue weighted by Crippen LogP contribution is -2.01. The predicted molar refractivity (Wildman–Crippen MR) is 86.2 cm³/mol. The zero-order valence-electron chi connectivity index (χ0n) is 13.3. The maximum absolute atomic E-state index is 11.5. The minimum absolute atomic E-state index is 0.322. The summed E-state index contributed by atoms with van der Waals surface area (Å²) in [6.45, 7) is 3.88. The lowest BCUT2D eigenvalue weighted by Gasteiger charge is -2.06. The first kappa shape index (κ1) is 17.7. The van der Waals surface area contributed by atoms with E-state index in [2.05, 4.69) is 0 Å². The van der Waals surface area contributed by atoms with Gasteiger partial charge in [-0.25, -0.2) is 9.59 Å². The van der Waals surface area contributed by atoms with Crippen LogP contribution in [0, 0.1) is 0 Å². The number of aryl methyl sites for hydroxylation is 1. The Bertz CT molecular complexity index is 570. The molecule has 0 atom stereocenters. The van der Waals surface area contributed by atoms with Crippen LogP contribution in [-0.2, 0) is 25.5 Å². The molecule has 22 heavy (non-hydrogen) atoms. The van der Waals surface area contributed by atoms with Crippen LogP contribution in [0.2, 0.25) is 0 Å². The number of rotatable bonds is 7. The van der Waals surface area contributed by atoms with Crippen LogP contribution in [0.15, 0.2) is 42.0 Å².